The van der Waals surface area contributed by atoms with Crippen molar-refractivity contribution >= 4 is 17.7 Å². The topological polar surface area (TPSA) is 75.6 Å². The Morgan fingerprint density at radius 2 is 2.05 bits per heavy atom. The third-order valence-electron chi connectivity index (χ3n) is 3.15. The number of aliphatic carboxylic acids is 1. The Kier molecular flexibility index (Phi) is 3.89. The normalized spacial score (nSPS) is 20.8. The van der Waals surface area contributed by atoms with E-state index in [0.29, 0.717) is 12.0 Å². The lowest BCUT2D eigenvalue weighted by atomic mass is 10.1. The predicted molar refractivity (Wildman–Crippen MR) is 74.7 cm³/mol. The highest BCUT2D eigenvalue weighted by Gasteiger charge is 2.45. The van der Waals surface area contributed by atoms with Gasteiger partial charge in [0.15, 0.2) is 0 Å². The summed E-state index contributed by atoms with van der Waals surface area (Å²) in [5, 5.41) is 11.3. The van der Waals surface area contributed by atoms with Crippen molar-refractivity contribution in [3.63, 3.8) is 0 Å². The van der Waals surface area contributed by atoms with Gasteiger partial charge in [0.1, 0.15) is 11.4 Å². The summed E-state index contributed by atoms with van der Waals surface area (Å²) in [7, 11) is 0. The number of carboxylic acid groups (broad SMARTS) is 1. The molecule has 0 aromatic heterocycles. The quantitative estimate of drug-likeness (QED) is 0.896. The van der Waals surface area contributed by atoms with Crippen molar-refractivity contribution < 1.29 is 23.8 Å². The van der Waals surface area contributed by atoms with Crippen LogP contribution in [0.2, 0.25) is 0 Å². The van der Waals surface area contributed by atoms with Crippen LogP contribution >= 0.6 is 0 Å². The minimum absolute atomic E-state index is 0.276. The van der Waals surface area contributed by atoms with Crippen molar-refractivity contribution in [1.82, 2.24) is 0 Å². The SMILES string of the molecule is CC(C)(C)OC(=O)Nc1ccc(C2CC2C(=O)O)c(F)c1. The lowest BCUT2D eigenvalue weighted by molar-refractivity contribution is -0.138. The van der Waals surface area contributed by atoms with E-state index in [9.17, 15) is 14.0 Å². The molecule has 0 spiro atoms. The van der Waals surface area contributed by atoms with Crippen LogP contribution in [0.3, 0.4) is 0 Å². The molecule has 1 aromatic carbocycles. The molecule has 1 saturated carbocycles. The zero-order chi connectivity index (χ0) is 15.8. The van der Waals surface area contributed by atoms with Gasteiger partial charge in [0.2, 0.25) is 0 Å². The van der Waals surface area contributed by atoms with Crippen LogP contribution in [0.4, 0.5) is 14.9 Å². The first-order valence-corrected chi connectivity index (χ1v) is 6.69. The van der Waals surface area contributed by atoms with Crippen LogP contribution < -0.4 is 5.32 Å². The first-order chi connectivity index (χ1) is 9.67. The molecule has 1 aliphatic carbocycles. The number of hydrogen-bond acceptors (Lipinski definition) is 3. The van der Waals surface area contributed by atoms with Crippen molar-refractivity contribution in [3.05, 3.63) is 29.6 Å². The number of rotatable bonds is 3. The van der Waals surface area contributed by atoms with E-state index in [1.807, 2.05) is 0 Å². The van der Waals surface area contributed by atoms with Crippen LogP contribution in [0, 0.1) is 11.7 Å². The average molecular weight is 295 g/mol. The van der Waals surface area contributed by atoms with Crippen molar-refractivity contribution in [2.24, 2.45) is 5.92 Å². The van der Waals surface area contributed by atoms with E-state index in [4.69, 9.17) is 9.84 Å². The van der Waals surface area contributed by atoms with Gasteiger partial charge >= 0.3 is 12.1 Å². The van der Waals surface area contributed by atoms with Gasteiger partial charge in [-0.05, 0) is 44.9 Å². The standard InChI is InChI=1S/C15H18FNO4/c1-15(2,3)21-14(20)17-8-4-5-9(12(16)6-8)10-7-11(10)13(18)19/h4-6,10-11H,7H2,1-3H3,(H,17,20)(H,18,19). The number of amides is 1. The molecule has 0 radical (unpaired) electrons. The fraction of sp³-hybridized carbons (Fsp3) is 0.467. The summed E-state index contributed by atoms with van der Waals surface area (Å²) in [4.78, 5) is 22.4. The Morgan fingerprint density at radius 1 is 1.38 bits per heavy atom. The molecule has 2 N–H and O–H groups in total. The van der Waals surface area contributed by atoms with Crippen molar-refractivity contribution in [2.75, 3.05) is 5.32 Å². The van der Waals surface area contributed by atoms with Crippen LogP contribution in [0.1, 0.15) is 38.7 Å². The van der Waals surface area contributed by atoms with E-state index in [1.165, 1.54) is 12.1 Å². The number of nitrogens with one attached hydrogen (secondary N) is 1. The van der Waals surface area contributed by atoms with Gasteiger partial charge in [-0.1, -0.05) is 6.07 Å². The Bertz CT molecular complexity index is 580. The maximum absolute atomic E-state index is 14.0. The summed E-state index contributed by atoms with van der Waals surface area (Å²) < 4.78 is 19.1. The largest absolute Gasteiger partial charge is 0.481 e. The summed E-state index contributed by atoms with van der Waals surface area (Å²) in [6.07, 6.45) is -0.213. The Morgan fingerprint density at radius 3 is 2.52 bits per heavy atom. The van der Waals surface area contributed by atoms with Crippen molar-refractivity contribution in [2.45, 2.75) is 38.7 Å². The number of carboxylic acids is 1. The maximum Gasteiger partial charge on any atom is 0.412 e. The third kappa shape index (κ3) is 3.93. The second kappa shape index (κ2) is 5.35. The van der Waals surface area contributed by atoms with E-state index >= 15 is 0 Å². The predicted octanol–water partition coefficient (Wildman–Crippen LogP) is 3.36. The maximum atomic E-state index is 14.0. The number of halogens is 1. The van der Waals surface area contributed by atoms with Crippen LogP contribution in [0.15, 0.2) is 18.2 Å². The molecule has 6 heteroatoms. The first-order valence-electron chi connectivity index (χ1n) is 6.69. The first kappa shape index (κ1) is 15.3. The molecule has 0 bridgehead atoms. The van der Waals surface area contributed by atoms with Crippen LogP contribution in [-0.2, 0) is 9.53 Å². The van der Waals surface area contributed by atoms with E-state index in [2.05, 4.69) is 5.32 Å². The lowest BCUT2D eigenvalue weighted by Gasteiger charge is -2.19. The Hall–Kier alpha value is -2.11. The zero-order valence-electron chi connectivity index (χ0n) is 12.1. The van der Waals surface area contributed by atoms with Crippen molar-refractivity contribution in [3.8, 4) is 0 Å². The summed E-state index contributed by atoms with van der Waals surface area (Å²) in [5.74, 6) is -2.21. The monoisotopic (exact) mass is 295 g/mol. The molecule has 2 atom stereocenters. The molecule has 2 unspecified atom stereocenters. The molecule has 0 aliphatic heterocycles. The molecule has 1 amide bonds. The minimum Gasteiger partial charge on any atom is -0.481 e. The highest BCUT2D eigenvalue weighted by atomic mass is 19.1. The van der Waals surface area contributed by atoms with Gasteiger partial charge in [0.25, 0.3) is 0 Å². The van der Waals surface area contributed by atoms with Gasteiger partial charge < -0.3 is 9.84 Å². The number of anilines is 1. The number of carbonyl (C=O) groups is 2. The van der Waals surface area contributed by atoms with Crippen molar-refractivity contribution in [1.29, 1.82) is 0 Å². The fourth-order valence-corrected chi connectivity index (χ4v) is 2.14. The summed E-state index contributed by atoms with van der Waals surface area (Å²) in [6.45, 7) is 5.19. The molecule has 1 aliphatic rings. The summed E-state index contributed by atoms with van der Waals surface area (Å²) in [5.41, 5.74) is 0.0147. The molecule has 5 nitrogen and oxygen atoms in total. The average Bonchev–Trinajstić information content (AvgIpc) is 3.06. The molecule has 21 heavy (non-hydrogen) atoms. The lowest BCUT2D eigenvalue weighted by Crippen LogP contribution is -2.27. The number of carbonyl (C=O) groups excluding carboxylic acids is 1. The highest BCUT2D eigenvalue weighted by molar-refractivity contribution is 5.85. The van der Waals surface area contributed by atoms with Gasteiger partial charge in [0, 0.05) is 11.6 Å². The second-order valence-electron chi connectivity index (χ2n) is 6.15. The van der Waals surface area contributed by atoms with Crippen LogP contribution in [0.5, 0.6) is 0 Å². The van der Waals surface area contributed by atoms with Gasteiger partial charge in [0.05, 0.1) is 5.92 Å². The fourth-order valence-electron chi connectivity index (χ4n) is 2.14. The van der Waals surface area contributed by atoms with Gasteiger partial charge in [-0.3, -0.25) is 10.1 Å². The van der Waals surface area contributed by atoms with E-state index in [-0.39, 0.29) is 11.6 Å². The molecule has 1 fully saturated rings. The molecule has 1 aromatic rings. The highest BCUT2D eigenvalue weighted by Crippen LogP contribution is 2.48. The molecule has 114 valence electrons. The second-order valence-corrected chi connectivity index (χ2v) is 6.15. The zero-order valence-corrected chi connectivity index (χ0v) is 12.1. The van der Waals surface area contributed by atoms with Crippen LogP contribution in [-0.4, -0.2) is 22.8 Å². The van der Waals surface area contributed by atoms with Gasteiger partial charge in [-0.15, -0.1) is 0 Å². The number of hydrogen-bond donors (Lipinski definition) is 2. The van der Waals surface area contributed by atoms with Gasteiger partial charge in [-0.2, -0.15) is 0 Å². The number of ether oxygens (including phenoxy) is 1. The smallest absolute Gasteiger partial charge is 0.412 e. The van der Waals surface area contributed by atoms with E-state index in [1.54, 1.807) is 26.8 Å². The summed E-state index contributed by atoms with van der Waals surface area (Å²) >= 11 is 0. The van der Waals surface area contributed by atoms with E-state index in [0.717, 1.165) is 0 Å². The molecular formula is C15H18FNO4. The molecule has 0 saturated heterocycles. The molecule has 2 rings (SSSR count). The number of benzene rings is 1. The minimum atomic E-state index is -0.907. The molecule has 0 heterocycles. The summed E-state index contributed by atoms with van der Waals surface area (Å²) in [6, 6.07) is 4.23. The van der Waals surface area contributed by atoms with Crippen LogP contribution in [0.25, 0.3) is 0 Å². The van der Waals surface area contributed by atoms with E-state index < -0.39 is 29.4 Å². The Labute approximate surface area is 122 Å². The third-order valence-corrected chi connectivity index (χ3v) is 3.15. The Balaban J connectivity index is 2.03. The van der Waals surface area contributed by atoms with Gasteiger partial charge in [-0.25, -0.2) is 9.18 Å². The molecular weight excluding hydrogens is 277 g/mol.